The molecule has 1 N–H and O–H groups in total. The van der Waals surface area contributed by atoms with E-state index in [-0.39, 0.29) is 0 Å². The minimum Gasteiger partial charge on any atom is -0.479 e. The fourth-order valence-electron chi connectivity index (χ4n) is 1.54. The van der Waals surface area contributed by atoms with Gasteiger partial charge < -0.3 is 9.84 Å². The zero-order valence-electron chi connectivity index (χ0n) is 10.2. The summed E-state index contributed by atoms with van der Waals surface area (Å²) in [5.41, 5.74) is 0. The summed E-state index contributed by atoms with van der Waals surface area (Å²) in [5.74, 6) is -1.58. The second-order valence-corrected chi connectivity index (χ2v) is 3.99. The molecule has 0 aromatic carbocycles. The molecule has 0 unspecified atom stereocenters. The van der Waals surface area contributed by atoms with E-state index < -0.39 is 18.0 Å². The van der Waals surface area contributed by atoms with Crippen molar-refractivity contribution in [1.29, 1.82) is 0 Å². The van der Waals surface area contributed by atoms with Gasteiger partial charge in [-0.1, -0.05) is 39.0 Å². The van der Waals surface area contributed by atoms with Crippen molar-refractivity contribution in [2.24, 2.45) is 0 Å². The monoisotopic (exact) mass is 230 g/mol. The molecule has 4 nitrogen and oxygen atoms in total. The van der Waals surface area contributed by atoms with E-state index in [4.69, 9.17) is 9.84 Å². The van der Waals surface area contributed by atoms with Gasteiger partial charge in [-0.05, 0) is 12.8 Å². The van der Waals surface area contributed by atoms with E-state index in [2.05, 4.69) is 6.92 Å². The quantitative estimate of drug-likeness (QED) is 0.488. The molecule has 0 saturated carbocycles. The van der Waals surface area contributed by atoms with Gasteiger partial charge in [0.2, 0.25) is 0 Å². The van der Waals surface area contributed by atoms with Gasteiger partial charge in [-0.3, -0.25) is 4.79 Å². The van der Waals surface area contributed by atoms with Gasteiger partial charge in [0.15, 0.2) is 6.10 Å². The molecule has 0 aliphatic heterocycles. The minimum absolute atomic E-state index is 0.418. The fourth-order valence-corrected chi connectivity index (χ4v) is 1.54. The molecule has 0 aliphatic carbocycles. The number of carboxylic acid groups (broad SMARTS) is 1. The van der Waals surface area contributed by atoms with Crippen LogP contribution in [-0.2, 0) is 14.3 Å². The highest BCUT2D eigenvalue weighted by molar-refractivity contribution is 5.76. The Kier molecular flexibility index (Phi) is 8.58. The van der Waals surface area contributed by atoms with Crippen LogP contribution in [0.25, 0.3) is 0 Å². The first-order chi connectivity index (χ1) is 7.57. The van der Waals surface area contributed by atoms with Gasteiger partial charge in [0.25, 0.3) is 0 Å². The maximum absolute atomic E-state index is 10.7. The highest BCUT2D eigenvalue weighted by atomic mass is 16.6. The lowest BCUT2D eigenvalue weighted by atomic mass is 10.1. The highest BCUT2D eigenvalue weighted by Gasteiger charge is 2.19. The molecule has 0 aromatic heterocycles. The molecule has 4 heteroatoms. The molecule has 0 heterocycles. The van der Waals surface area contributed by atoms with E-state index in [1.54, 1.807) is 0 Å². The van der Waals surface area contributed by atoms with Crippen molar-refractivity contribution in [3.05, 3.63) is 0 Å². The third-order valence-corrected chi connectivity index (χ3v) is 2.40. The van der Waals surface area contributed by atoms with Crippen LogP contribution in [0.3, 0.4) is 0 Å². The molecule has 1 atom stereocenters. The van der Waals surface area contributed by atoms with E-state index in [1.165, 1.54) is 26.2 Å². The maximum Gasteiger partial charge on any atom is 0.345 e. The molecule has 0 radical (unpaired) electrons. The Morgan fingerprint density at radius 3 is 2.19 bits per heavy atom. The smallest absolute Gasteiger partial charge is 0.345 e. The summed E-state index contributed by atoms with van der Waals surface area (Å²) >= 11 is 0. The van der Waals surface area contributed by atoms with Crippen molar-refractivity contribution in [2.75, 3.05) is 0 Å². The van der Waals surface area contributed by atoms with Gasteiger partial charge in [-0.25, -0.2) is 4.79 Å². The van der Waals surface area contributed by atoms with E-state index >= 15 is 0 Å². The van der Waals surface area contributed by atoms with Gasteiger partial charge >= 0.3 is 11.9 Å². The Labute approximate surface area is 97.0 Å². The molecule has 0 aromatic rings. The van der Waals surface area contributed by atoms with Crippen molar-refractivity contribution in [3.8, 4) is 0 Å². The number of carboxylic acids is 1. The molecule has 0 saturated heterocycles. The molecule has 0 aliphatic rings. The van der Waals surface area contributed by atoms with Crippen LogP contribution in [0.4, 0.5) is 0 Å². The van der Waals surface area contributed by atoms with Crippen LogP contribution in [0.1, 0.15) is 58.8 Å². The van der Waals surface area contributed by atoms with Gasteiger partial charge in [0.05, 0.1) is 0 Å². The Hall–Kier alpha value is -1.06. The summed E-state index contributed by atoms with van der Waals surface area (Å²) in [7, 11) is 0. The largest absolute Gasteiger partial charge is 0.479 e. The third-order valence-electron chi connectivity index (χ3n) is 2.40. The lowest BCUT2D eigenvalue weighted by Crippen LogP contribution is -2.25. The molecule has 16 heavy (non-hydrogen) atoms. The van der Waals surface area contributed by atoms with Crippen molar-refractivity contribution < 1.29 is 19.4 Å². The summed E-state index contributed by atoms with van der Waals surface area (Å²) in [5, 5.41) is 8.79. The van der Waals surface area contributed by atoms with Crippen LogP contribution >= 0.6 is 0 Å². The third kappa shape index (κ3) is 8.26. The Bertz CT molecular complexity index is 213. The van der Waals surface area contributed by atoms with E-state index in [0.717, 1.165) is 19.3 Å². The number of hydrogen-bond acceptors (Lipinski definition) is 3. The van der Waals surface area contributed by atoms with Crippen LogP contribution in [0.5, 0.6) is 0 Å². The zero-order valence-corrected chi connectivity index (χ0v) is 10.2. The first-order valence-electron chi connectivity index (χ1n) is 5.98. The second-order valence-electron chi connectivity index (χ2n) is 3.99. The summed E-state index contributed by atoms with van der Waals surface area (Å²) < 4.78 is 4.70. The van der Waals surface area contributed by atoms with Crippen molar-refractivity contribution >= 4 is 11.9 Å². The number of carbonyl (C=O) groups excluding carboxylic acids is 1. The molecule has 0 amide bonds. The number of rotatable bonds is 9. The topological polar surface area (TPSA) is 63.6 Å². The van der Waals surface area contributed by atoms with Gasteiger partial charge in [0.1, 0.15) is 0 Å². The summed E-state index contributed by atoms with van der Waals surface area (Å²) in [4.78, 5) is 21.4. The van der Waals surface area contributed by atoms with Gasteiger partial charge in [-0.2, -0.15) is 0 Å². The number of ether oxygens (including phenoxy) is 1. The highest BCUT2D eigenvalue weighted by Crippen LogP contribution is 2.10. The normalized spacial score (nSPS) is 12.1. The fraction of sp³-hybridized carbons (Fsp3) is 0.833. The van der Waals surface area contributed by atoms with Gasteiger partial charge in [0, 0.05) is 6.92 Å². The van der Waals surface area contributed by atoms with E-state index in [1.807, 2.05) is 0 Å². The molecule has 0 fully saturated rings. The molecular formula is C12H22O4. The first-order valence-corrected chi connectivity index (χ1v) is 5.98. The average Bonchev–Trinajstić information content (AvgIpc) is 2.20. The summed E-state index contributed by atoms with van der Waals surface area (Å²) in [6, 6.07) is 0. The molecule has 94 valence electrons. The Morgan fingerprint density at radius 1 is 1.12 bits per heavy atom. The Balaban J connectivity index is 3.60. The van der Waals surface area contributed by atoms with Crippen LogP contribution in [0.2, 0.25) is 0 Å². The van der Waals surface area contributed by atoms with Crippen molar-refractivity contribution in [1.82, 2.24) is 0 Å². The predicted octanol–water partition coefficient (Wildman–Crippen LogP) is 2.75. The standard InChI is InChI=1S/C12H22O4/c1-3-4-5-6-7-8-9-11(12(14)15)16-10(2)13/h11H,3-9H2,1-2H3,(H,14,15)/t11-/m1/s1. The van der Waals surface area contributed by atoms with Crippen LogP contribution in [0.15, 0.2) is 0 Å². The summed E-state index contributed by atoms with van der Waals surface area (Å²) in [6.07, 6.45) is 6.00. The number of esters is 1. The van der Waals surface area contributed by atoms with E-state index in [9.17, 15) is 9.59 Å². The summed E-state index contributed by atoms with van der Waals surface area (Å²) in [6.45, 7) is 3.39. The molecular weight excluding hydrogens is 208 g/mol. The Morgan fingerprint density at radius 2 is 1.69 bits per heavy atom. The lowest BCUT2D eigenvalue weighted by Gasteiger charge is -2.11. The maximum atomic E-state index is 10.7. The van der Waals surface area contributed by atoms with Crippen molar-refractivity contribution in [3.63, 3.8) is 0 Å². The number of aliphatic carboxylic acids is 1. The lowest BCUT2D eigenvalue weighted by molar-refractivity contribution is -0.163. The number of hydrogen-bond donors (Lipinski definition) is 1. The SMILES string of the molecule is CCCCCCCC[C@@H](OC(C)=O)C(=O)O. The number of carbonyl (C=O) groups is 2. The van der Waals surface area contributed by atoms with Crippen molar-refractivity contribution in [2.45, 2.75) is 64.9 Å². The van der Waals surface area contributed by atoms with Crippen LogP contribution < -0.4 is 0 Å². The zero-order chi connectivity index (χ0) is 12.4. The average molecular weight is 230 g/mol. The van der Waals surface area contributed by atoms with Crippen LogP contribution in [0, 0.1) is 0 Å². The molecule has 0 spiro atoms. The first kappa shape index (κ1) is 14.9. The second kappa shape index (κ2) is 9.19. The van der Waals surface area contributed by atoms with Crippen LogP contribution in [-0.4, -0.2) is 23.1 Å². The molecule has 0 bridgehead atoms. The molecule has 0 rings (SSSR count). The van der Waals surface area contributed by atoms with Gasteiger partial charge in [-0.15, -0.1) is 0 Å². The number of unbranched alkanes of at least 4 members (excludes halogenated alkanes) is 5. The predicted molar refractivity (Wildman–Crippen MR) is 61.2 cm³/mol. The minimum atomic E-state index is -1.05. The van der Waals surface area contributed by atoms with E-state index in [0.29, 0.717) is 6.42 Å².